The Morgan fingerprint density at radius 2 is 2.04 bits per heavy atom. The number of hydrogen-bond acceptors (Lipinski definition) is 4. The first-order valence-corrected chi connectivity index (χ1v) is 9.99. The first-order valence-electron chi connectivity index (χ1n) is 9.23. The van der Waals surface area contributed by atoms with Crippen LogP contribution in [0.25, 0.3) is 0 Å². The van der Waals surface area contributed by atoms with Gasteiger partial charge in [0.15, 0.2) is 0 Å². The molecule has 1 aliphatic heterocycles. The fourth-order valence-electron chi connectivity index (χ4n) is 3.94. The van der Waals surface area contributed by atoms with Crippen LogP contribution in [-0.2, 0) is 11.3 Å². The molecule has 2 aromatic rings. The molecule has 1 amide bonds. The number of carbonyl (C=O) groups is 1. The Bertz CT molecular complexity index is 936. The molecular weight excluding hydrogens is 402 g/mol. The number of hydrogen-bond donors (Lipinski definition) is 1. The van der Waals surface area contributed by atoms with Gasteiger partial charge in [0.2, 0.25) is 5.95 Å². The lowest BCUT2D eigenvalue weighted by Gasteiger charge is -2.31. The number of halogens is 3. The number of nitrogens with one attached hydrogen (secondary N) is 1. The lowest BCUT2D eigenvalue weighted by molar-refractivity contribution is -0.110. The monoisotopic (exact) mass is 420 g/mol. The zero-order valence-electron chi connectivity index (χ0n) is 15.0. The molecule has 2 atom stereocenters. The van der Waals surface area contributed by atoms with E-state index in [1.807, 2.05) is 11.1 Å². The van der Waals surface area contributed by atoms with Crippen molar-refractivity contribution in [3.8, 4) is 0 Å². The summed E-state index contributed by atoms with van der Waals surface area (Å²) in [7, 11) is 0. The van der Waals surface area contributed by atoms with E-state index in [9.17, 15) is 9.18 Å². The van der Waals surface area contributed by atoms with Crippen molar-refractivity contribution in [2.24, 2.45) is 11.0 Å². The topological polar surface area (TPSA) is 57.6 Å². The van der Waals surface area contributed by atoms with E-state index in [2.05, 4.69) is 15.4 Å². The number of anilines is 1. The van der Waals surface area contributed by atoms with E-state index in [4.69, 9.17) is 23.2 Å². The van der Waals surface area contributed by atoms with Crippen LogP contribution in [0.2, 0.25) is 10.0 Å². The van der Waals surface area contributed by atoms with Gasteiger partial charge in [-0.2, -0.15) is 9.49 Å². The summed E-state index contributed by atoms with van der Waals surface area (Å²) in [4.78, 5) is 16.3. The number of rotatable bonds is 4. The van der Waals surface area contributed by atoms with Crippen LogP contribution < -0.4 is 5.32 Å². The highest BCUT2D eigenvalue weighted by Crippen LogP contribution is 2.36. The van der Waals surface area contributed by atoms with Gasteiger partial charge >= 0.3 is 0 Å². The molecule has 2 heterocycles. The second-order valence-electron chi connectivity index (χ2n) is 7.10. The molecule has 1 fully saturated rings. The van der Waals surface area contributed by atoms with Crippen molar-refractivity contribution in [1.82, 2.24) is 9.99 Å². The molecule has 1 aromatic carbocycles. The minimum Gasteiger partial charge on any atom is -0.321 e. The maximum Gasteiger partial charge on any atom is 0.272 e. The zero-order chi connectivity index (χ0) is 19.7. The molecule has 2 aliphatic rings. The van der Waals surface area contributed by atoms with Gasteiger partial charge in [-0.15, -0.1) is 0 Å². The molecule has 2 unspecified atom stereocenters. The van der Waals surface area contributed by atoms with Crippen LogP contribution in [-0.4, -0.2) is 27.7 Å². The highest BCUT2D eigenvalue weighted by molar-refractivity contribution is 6.44. The van der Waals surface area contributed by atoms with Crippen LogP contribution in [0, 0.1) is 11.9 Å². The van der Waals surface area contributed by atoms with E-state index in [0.29, 0.717) is 28.0 Å². The summed E-state index contributed by atoms with van der Waals surface area (Å²) in [5, 5.41) is 10.5. The summed E-state index contributed by atoms with van der Waals surface area (Å²) in [6.07, 6.45) is 5.37. The normalized spacial score (nSPS) is 21.2. The van der Waals surface area contributed by atoms with E-state index in [-0.39, 0.29) is 17.9 Å². The number of carbonyl (C=O) groups excluding carboxylic acids is 1. The predicted octanol–water partition coefficient (Wildman–Crippen LogP) is 4.90. The zero-order valence-corrected chi connectivity index (χ0v) is 16.5. The summed E-state index contributed by atoms with van der Waals surface area (Å²) >= 11 is 12.3. The molecule has 1 saturated carbocycles. The Balaban J connectivity index is 1.56. The quantitative estimate of drug-likeness (QED) is 0.715. The summed E-state index contributed by atoms with van der Waals surface area (Å²) in [6.45, 7) is 0.512. The third-order valence-corrected chi connectivity index (χ3v) is 5.85. The largest absolute Gasteiger partial charge is 0.321 e. The summed E-state index contributed by atoms with van der Waals surface area (Å²) in [5.74, 6) is -0.876. The minimum absolute atomic E-state index is 0.0616. The second-order valence-corrected chi connectivity index (χ2v) is 7.94. The first kappa shape index (κ1) is 19.2. The fraction of sp³-hybridized carbons (Fsp3) is 0.350. The van der Waals surface area contributed by atoms with Crippen molar-refractivity contribution in [2.45, 2.75) is 38.3 Å². The van der Waals surface area contributed by atoms with E-state index in [1.54, 1.807) is 18.2 Å². The molecule has 5 nitrogen and oxygen atoms in total. The molecular formula is C20H19Cl2FN4O. The van der Waals surface area contributed by atoms with Crippen molar-refractivity contribution in [3.63, 3.8) is 0 Å². The molecule has 1 aliphatic carbocycles. The van der Waals surface area contributed by atoms with Gasteiger partial charge in [0, 0.05) is 33.9 Å². The van der Waals surface area contributed by atoms with Gasteiger partial charge < -0.3 is 5.32 Å². The Labute approximate surface area is 172 Å². The number of pyridine rings is 1. The number of nitrogens with zero attached hydrogens (tertiary/aromatic N) is 3. The van der Waals surface area contributed by atoms with Crippen LogP contribution in [0.5, 0.6) is 0 Å². The molecule has 0 spiro atoms. The van der Waals surface area contributed by atoms with Gasteiger partial charge in [-0.1, -0.05) is 42.1 Å². The van der Waals surface area contributed by atoms with Crippen molar-refractivity contribution < 1.29 is 9.18 Å². The lowest BCUT2D eigenvalue weighted by Crippen LogP contribution is -2.38. The van der Waals surface area contributed by atoms with E-state index in [0.717, 1.165) is 31.2 Å². The van der Waals surface area contributed by atoms with Gasteiger partial charge in [0.1, 0.15) is 5.71 Å². The highest BCUT2D eigenvalue weighted by Gasteiger charge is 2.41. The Kier molecular flexibility index (Phi) is 5.51. The van der Waals surface area contributed by atoms with Crippen LogP contribution in [0.3, 0.4) is 0 Å². The Morgan fingerprint density at radius 3 is 2.82 bits per heavy atom. The van der Waals surface area contributed by atoms with Crippen molar-refractivity contribution in [1.29, 1.82) is 0 Å². The SMILES string of the molecule is O=C(Nc1ccnc(F)c1)C1=NN(Cc2ccc(Cl)cc2Cl)C2CCCCC12. The lowest BCUT2D eigenvalue weighted by atomic mass is 9.82. The average molecular weight is 421 g/mol. The van der Waals surface area contributed by atoms with Gasteiger partial charge in [-0.3, -0.25) is 9.80 Å². The maximum absolute atomic E-state index is 13.3. The highest BCUT2D eigenvalue weighted by atomic mass is 35.5. The minimum atomic E-state index is -0.638. The van der Waals surface area contributed by atoms with Crippen LogP contribution in [0.15, 0.2) is 41.6 Å². The Hall–Kier alpha value is -2.18. The fourth-order valence-corrected chi connectivity index (χ4v) is 4.41. The molecule has 146 valence electrons. The van der Waals surface area contributed by atoms with Crippen LogP contribution in [0.4, 0.5) is 10.1 Å². The first-order chi connectivity index (χ1) is 13.5. The van der Waals surface area contributed by atoms with Gasteiger partial charge in [-0.05, 0) is 36.6 Å². The number of fused-ring (bicyclic) bond motifs is 1. The third kappa shape index (κ3) is 3.98. The van der Waals surface area contributed by atoms with Gasteiger partial charge in [0.25, 0.3) is 5.91 Å². The number of amides is 1. The standard InChI is InChI=1S/C20H19Cl2FN4O/c21-13-6-5-12(16(22)9-13)11-27-17-4-2-1-3-15(17)19(26-27)20(28)25-14-7-8-24-18(23)10-14/h5-10,15,17H,1-4,11H2,(H,24,25,28). The number of aromatic nitrogens is 1. The predicted molar refractivity (Wildman–Crippen MR) is 108 cm³/mol. The summed E-state index contributed by atoms with van der Waals surface area (Å²) < 4.78 is 13.3. The van der Waals surface area contributed by atoms with E-state index < -0.39 is 5.95 Å². The Morgan fingerprint density at radius 1 is 1.21 bits per heavy atom. The number of benzene rings is 1. The molecule has 8 heteroatoms. The molecule has 4 rings (SSSR count). The second kappa shape index (κ2) is 8.05. The molecule has 1 N–H and O–H groups in total. The molecule has 28 heavy (non-hydrogen) atoms. The third-order valence-electron chi connectivity index (χ3n) is 5.26. The van der Waals surface area contributed by atoms with E-state index >= 15 is 0 Å². The molecule has 0 saturated heterocycles. The van der Waals surface area contributed by atoms with Crippen molar-refractivity contribution in [3.05, 3.63) is 58.1 Å². The number of hydrazone groups is 1. The summed E-state index contributed by atoms with van der Waals surface area (Å²) in [6, 6.07) is 8.30. The van der Waals surface area contributed by atoms with Crippen molar-refractivity contribution >= 4 is 40.5 Å². The van der Waals surface area contributed by atoms with Crippen LogP contribution in [0.1, 0.15) is 31.2 Å². The van der Waals surface area contributed by atoms with E-state index in [1.165, 1.54) is 12.3 Å². The average Bonchev–Trinajstić information content (AvgIpc) is 3.03. The molecule has 0 radical (unpaired) electrons. The summed E-state index contributed by atoms with van der Waals surface area (Å²) in [5.41, 5.74) is 1.77. The molecule has 1 aromatic heterocycles. The van der Waals surface area contributed by atoms with Crippen molar-refractivity contribution in [2.75, 3.05) is 5.32 Å². The van der Waals surface area contributed by atoms with Gasteiger partial charge in [-0.25, -0.2) is 4.98 Å². The van der Waals surface area contributed by atoms with Crippen LogP contribution >= 0.6 is 23.2 Å². The smallest absolute Gasteiger partial charge is 0.272 e. The van der Waals surface area contributed by atoms with Gasteiger partial charge in [0.05, 0.1) is 12.6 Å². The molecule has 0 bridgehead atoms. The maximum atomic E-state index is 13.3.